The molecule has 2 aliphatic rings. The van der Waals surface area contributed by atoms with Crippen LogP contribution in [0.1, 0.15) is 35.1 Å². The van der Waals surface area contributed by atoms with Crippen molar-refractivity contribution in [3.63, 3.8) is 0 Å². The predicted molar refractivity (Wildman–Crippen MR) is 159 cm³/mol. The molecule has 2 atom stereocenters. The highest BCUT2D eigenvalue weighted by Crippen LogP contribution is 2.36. The standard InChI is InChI=1S/C32H37N3O5S/c1-22-18-23(2)30(24(3)19-22)41(38,39)34-17-9-12-26(20-34)32(37)35-21-29(40-28-14-8-7-13-27(28)35)31(36)33-16-15-25-10-5-4-6-11-25/h4-8,10-11,13-14,18-19,26,29H,9,12,15-17,20-21H2,1-3H3,(H,33,36)/t26-,29+/m0/s1. The van der Waals surface area contributed by atoms with E-state index in [1.165, 1.54) is 4.31 Å². The zero-order chi connectivity index (χ0) is 29.1. The molecule has 3 aromatic carbocycles. The predicted octanol–water partition coefficient (Wildman–Crippen LogP) is 4.17. The summed E-state index contributed by atoms with van der Waals surface area (Å²) < 4.78 is 35.0. The van der Waals surface area contributed by atoms with Gasteiger partial charge < -0.3 is 15.0 Å². The molecule has 0 unspecified atom stereocenters. The van der Waals surface area contributed by atoms with Gasteiger partial charge >= 0.3 is 0 Å². The lowest BCUT2D eigenvalue weighted by molar-refractivity contribution is -0.129. The van der Waals surface area contributed by atoms with E-state index in [2.05, 4.69) is 5.32 Å². The smallest absolute Gasteiger partial charge is 0.262 e. The summed E-state index contributed by atoms with van der Waals surface area (Å²) in [5.41, 5.74) is 4.14. The van der Waals surface area contributed by atoms with Gasteiger partial charge in [-0.1, -0.05) is 60.2 Å². The molecule has 216 valence electrons. The van der Waals surface area contributed by atoms with Crippen LogP contribution >= 0.6 is 0 Å². The molecule has 2 aliphatic heterocycles. The van der Waals surface area contributed by atoms with Gasteiger partial charge in [0.05, 0.1) is 23.0 Å². The molecule has 0 aliphatic carbocycles. The topological polar surface area (TPSA) is 96.0 Å². The van der Waals surface area contributed by atoms with Crippen molar-refractivity contribution in [2.24, 2.45) is 5.92 Å². The SMILES string of the molecule is Cc1cc(C)c(S(=O)(=O)N2CCC[C@H](C(=O)N3C[C@H](C(=O)NCCc4ccccc4)Oc4ccccc43)C2)c(C)c1. The fourth-order valence-electron chi connectivity index (χ4n) is 5.95. The maximum Gasteiger partial charge on any atom is 0.262 e. The molecule has 2 heterocycles. The van der Waals surface area contributed by atoms with Crippen molar-refractivity contribution in [3.8, 4) is 5.75 Å². The highest BCUT2D eigenvalue weighted by Gasteiger charge is 2.40. The highest BCUT2D eigenvalue weighted by molar-refractivity contribution is 7.89. The van der Waals surface area contributed by atoms with Crippen LogP contribution in [-0.4, -0.2) is 56.8 Å². The van der Waals surface area contributed by atoms with Gasteiger partial charge in [-0.15, -0.1) is 0 Å². The molecule has 0 spiro atoms. The minimum atomic E-state index is -3.78. The fourth-order valence-corrected chi connectivity index (χ4v) is 7.89. The highest BCUT2D eigenvalue weighted by atomic mass is 32.2. The first kappa shape index (κ1) is 28.8. The maximum absolute atomic E-state index is 14.0. The van der Waals surface area contributed by atoms with Crippen LogP contribution in [0.4, 0.5) is 5.69 Å². The lowest BCUT2D eigenvalue weighted by Gasteiger charge is -2.38. The van der Waals surface area contributed by atoms with E-state index in [-0.39, 0.29) is 24.9 Å². The van der Waals surface area contributed by atoms with Gasteiger partial charge in [-0.2, -0.15) is 4.31 Å². The van der Waals surface area contributed by atoms with E-state index in [4.69, 9.17) is 4.74 Å². The molecule has 5 rings (SSSR count). The number of nitrogens with one attached hydrogen (secondary N) is 1. The summed E-state index contributed by atoms with van der Waals surface area (Å²) in [6, 6.07) is 20.8. The van der Waals surface area contributed by atoms with E-state index in [1.807, 2.05) is 69.3 Å². The zero-order valence-corrected chi connectivity index (χ0v) is 24.6. The number of fused-ring (bicyclic) bond motifs is 1. The van der Waals surface area contributed by atoms with Crippen molar-refractivity contribution >= 4 is 27.5 Å². The third kappa shape index (κ3) is 6.16. The number of piperidine rings is 1. The number of benzene rings is 3. The summed E-state index contributed by atoms with van der Waals surface area (Å²) in [4.78, 5) is 29.0. The Hall–Kier alpha value is -3.69. The second kappa shape index (κ2) is 12.0. The lowest BCUT2D eigenvalue weighted by atomic mass is 9.97. The van der Waals surface area contributed by atoms with E-state index >= 15 is 0 Å². The first-order valence-electron chi connectivity index (χ1n) is 14.1. The molecular formula is C32H37N3O5S. The number of carbonyl (C=O) groups excluding carboxylic acids is 2. The average molecular weight is 576 g/mol. The van der Waals surface area contributed by atoms with Crippen molar-refractivity contribution in [1.82, 2.24) is 9.62 Å². The first-order valence-corrected chi connectivity index (χ1v) is 15.6. The van der Waals surface area contributed by atoms with E-state index in [0.717, 1.165) is 11.1 Å². The number of anilines is 1. The van der Waals surface area contributed by atoms with E-state index < -0.39 is 22.0 Å². The number of carbonyl (C=O) groups is 2. The quantitative estimate of drug-likeness (QED) is 0.456. The van der Waals surface area contributed by atoms with Crippen LogP contribution in [0.3, 0.4) is 0 Å². The Morgan fingerprint density at radius 2 is 1.63 bits per heavy atom. The van der Waals surface area contributed by atoms with Gasteiger partial charge in [-0.05, 0) is 68.9 Å². The van der Waals surface area contributed by atoms with Crippen LogP contribution in [-0.2, 0) is 26.0 Å². The zero-order valence-electron chi connectivity index (χ0n) is 23.8. The van der Waals surface area contributed by atoms with Crippen molar-refractivity contribution in [2.75, 3.05) is 31.1 Å². The Bertz CT molecular complexity index is 1520. The first-order chi connectivity index (χ1) is 19.6. The molecule has 0 radical (unpaired) electrons. The Morgan fingerprint density at radius 1 is 0.951 bits per heavy atom. The van der Waals surface area contributed by atoms with E-state index in [0.29, 0.717) is 59.8 Å². The average Bonchev–Trinajstić information content (AvgIpc) is 2.96. The van der Waals surface area contributed by atoms with Crippen molar-refractivity contribution in [3.05, 3.63) is 89.0 Å². The Kier molecular flexibility index (Phi) is 8.47. The minimum Gasteiger partial charge on any atom is -0.477 e. The number of aryl methyl sites for hydroxylation is 3. The minimum absolute atomic E-state index is 0.0619. The van der Waals surface area contributed by atoms with Gasteiger partial charge in [-0.25, -0.2) is 8.42 Å². The number of para-hydroxylation sites is 2. The Morgan fingerprint density at radius 3 is 2.37 bits per heavy atom. The number of amides is 2. The summed E-state index contributed by atoms with van der Waals surface area (Å²) >= 11 is 0. The number of hydrogen-bond donors (Lipinski definition) is 1. The van der Waals surface area contributed by atoms with Gasteiger partial charge in [0.2, 0.25) is 15.9 Å². The van der Waals surface area contributed by atoms with Gasteiger partial charge in [0.15, 0.2) is 6.10 Å². The number of nitrogens with zero attached hydrogens (tertiary/aromatic N) is 2. The monoisotopic (exact) mass is 575 g/mol. The Labute approximate surface area is 242 Å². The summed E-state index contributed by atoms with van der Waals surface area (Å²) in [7, 11) is -3.78. The molecule has 0 aromatic heterocycles. The molecule has 3 aromatic rings. The van der Waals surface area contributed by atoms with Crippen molar-refractivity contribution < 1.29 is 22.7 Å². The fraction of sp³-hybridized carbons (Fsp3) is 0.375. The summed E-state index contributed by atoms with van der Waals surface area (Å²) in [5, 5.41) is 2.94. The molecule has 41 heavy (non-hydrogen) atoms. The summed E-state index contributed by atoms with van der Waals surface area (Å²) in [6.45, 7) is 6.55. The second-order valence-corrected chi connectivity index (χ2v) is 12.9. The van der Waals surface area contributed by atoms with Crippen LogP contribution in [0.25, 0.3) is 0 Å². The summed E-state index contributed by atoms with van der Waals surface area (Å²) in [6.07, 6.45) is 0.968. The number of ether oxygens (including phenoxy) is 1. The lowest BCUT2D eigenvalue weighted by Crippen LogP contribution is -2.54. The van der Waals surface area contributed by atoms with Crippen LogP contribution in [0.5, 0.6) is 5.75 Å². The van der Waals surface area contributed by atoms with Gasteiger partial charge in [0.25, 0.3) is 5.91 Å². The second-order valence-electron chi connectivity index (χ2n) is 11.0. The normalized spacial score (nSPS) is 19.2. The molecule has 1 N–H and O–H groups in total. The van der Waals surface area contributed by atoms with Crippen LogP contribution in [0.15, 0.2) is 71.6 Å². The van der Waals surface area contributed by atoms with Crippen LogP contribution in [0.2, 0.25) is 0 Å². The molecule has 9 heteroatoms. The number of sulfonamides is 1. The number of rotatable bonds is 7. The Balaban J connectivity index is 1.32. The molecular weight excluding hydrogens is 538 g/mol. The van der Waals surface area contributed by atoms with Crippen molar-refractivity contribution in [1.29, 1.82) is 0 Å². The van der Waals surface area contributed by atoms with E-state index in [1.54, 1.807) is 23.1 Å². The molecule has 2 amide bonds. The third-order valence-electron chi connectivity index (χ3n) is 7.82. The number of hydrogen-bond acceptors (Lipinski definition) is 5. The molecule has 8 nitrogen and oxygen atoms in total. The van der Waals surface area contributed by atoms with Crippen LogP contribution < -0.4 is 15.0 Å². The molecule has 0 saturated carbocycles. The van der Waals surface area contributed by atoms with Gasteiger partial charge in [0, 0.05) is 19.6 Å². The van der Waals surface area contributed by atoms with E-state index in [9.17, 15) is 18.0 Å². The van der Waals surface area contributed by atoms with Crippen LogP contribution in [0, 0.1) is 26.7 Å². The third-order valence-corrected chi connectivity index (χ3v) is 10.00. The summed E-state index contributed by atoms with van der Waals surface area (Å²) in [5.74, 6) is -0.550. The largest absolute Gasteiger partial charge is 0.477 e. The molecule has 1 fully saturated rings. The van der Waals surface area contributed by atoms with Crippen molar-refractivity contribution in [2.45, 2.75) is 51.0 Å². The maximum atomic E-state index is 14.0. The van der Waals surface area contributed by atoms with Gasteiger partial charge in [-0.3, -0.25) is 9.59 Å². The molecule has 0 bridgehead atoms. The molecule has 1 saturated heterocycles. The van der Waals surface area contributed by atoms with Gasteiger partial charge in [0.1, 0.15) is 5.75 Å².